The molecule has 2 saturated heterocycles. The Morgan fingerprint density at radius 3 is 3.08 bits per heavy atom. The van der Waals surface area contributed by atoms with E-state index in [1.807, 2.05) is 0 Å². The van der Waals surface area contributed by atoms with Crippen LogP contribution in [-0.2, 0) is 9.63 Å². The van der Waals surface area contributed by atoms with Crippen molar-refractivity contribution in [1.82, 2.24) is 4.90 Å². The zero-order valence-electron chi connectivity index (χ0n) is 6.71. The number of fused-ring (bicyclic) bond motifs is 1. The molecule has 0 aromatic rings. The number of nitrogens with zero attached hydrogens (tertiary/aromatic N) is 2. The topological polar surface area (TPSA) is 72.7 Å². The van der Waals surface area contributed by atoms with Crippen LogP contribution in [-0.4, -0.2) is 39.7 Å². The monoisotopic (exact) mass is 204 g/mol. The van der Waals surface area contributed by atoms with E-state index in [1.165, 1.54) is 0 Å². The Balaban J connectivity index is 1.89. The molecule has 2 aliphatic rings. The van der Waals surface area contributed by atoms with Gasteiger partial charge in [0.1, 0.15) is 6.10 Å². The number of β-lactam (4-membered cyclic amide) rings is 1. The summed E-state index contributed by atoms with van der Waals surface area (Å²) >= 11 is 1.54. The SMILES string of the molecule is O=C1C[C@H]2SC[C@H](O[N+](=O)[O-])CN12. The van der Waals surface area contributed by atoms with Crippen molar-refractivity contribution in [3.05, 3.63) is 10.1 Å². The molecular weight excluding hydrogens is 196 g/mol. The van der Waals surface area contributed by atoms with Gasteiger partial charge < -0.3 is 9.74 Å². The third-order valence-electron chi connectivity index (χ3n) is 2.13. The lowest BCUT2D eigenvalue weighted by atomic mass is 10.2. The molecule has 0 radical (unpaired) electrons. The van der Waals surface area contributed by atoms with Gasteiger partial charge in [0.2, 0.25) is 5.91 Å². The van der Waals surface area contributed by atoms with E-state index in [4.69, 9.17) is 0 Å². The molecule has 2 rings (SSSR count). The molecule has 0 unspecified atom stereocenters. The van der Waals surface area contributed by atoms with Crippen molar-refractivity contribution >= 4 is 17.7 Å². The molecule has 1 amide bonds. The molecule has 2 fully saturated rings. The van der Waals surface area contributed by atoms with Crippen LogP contribution in [0.25, 0.3) is 0 Å². The summed E-state index contributed by atoms with van der Waals surface area (Å²) < 4.78 is 0. The fourth-order valence-electron chi connectivity index (χ4n) is 1.47. The highest BCUT2D eigenvalue weighted by Gasteiger charge is 2.42. The normalized spacial score (nSPS) is 32.0. The average molecular weight is 204 g/mol. The largest absolute Gasteiger partial charge is 0.328 e. The summed E-state index contributed by atoms with van der Waals surface area (Å²) in [5, 5.41) is 9.47. The maximum absolute atomic E-state index is 11.0. The maximum Gasteiger partial charge on any atom is 0.294 e. The van der Waals surface area contributed by atoms with E-state index < -0.39 is 11.2 Å². The molecule has 0 N–H and O–H groups in total. The molecular formula is C6H8N2O4S. The molecule has 0 aromatic heterocycles. The van der Waals surface area contributed by atoms with E-state index in [9.17, 15) is 14.9 Å². The lowest BCUT2D eigenvalue weighted by Gasteiger charge is -2.45. The zero-order valence-corrected chi connectivity index (χ0v) is 7.53. The number of carbonyl (C=O) groups excluding carboxylic acids is 1. The van der Waals surface area contributed by atoms with E-state index in [0.717, 1.165) is 0 Å². The first kappa shape index (κ1) is 8.61. The van der Waals surface area contributed by atoms with Crippen LogP contribution in [0.15, 0.2) is 0 Å². The summed E-state index contributed by atoms with van der Waals surface area (Å²) in [5.41, 5.74) is 0. The molecule has 0 saturated carbocycles. The molecule has 6 nitrogen and oxygen atoms in total. The van der Waals surface area contributed by atoms with Gasteiger partial charge in [-0.2, -0.15) is 0 Å². The van der Waals surface area contributed by atoms with Crippen LogP contribution in [0.4, 0.5) is 0 Å². The number of carbonyl (C=O) groups is 1. The second kappa shape index (κ2) is 3.06. The first-order chi connectivity index (χ1) is 6.16. The molecule has 0 spiro atoms. The van der Waals surface area contributed by atoms with Gasteiger partial charge in [-0.05, 0) is 0 Å². The Kier molecular flexibility index (Phi) is 2.03. The van der Waals surface area contributed by atoms with Crippen LogP contribution in [0.2, 0.25) is 0 Å². The van der Waals surface area contributed by atoms with Crippen molar-refractivity contribution in [1.29, 1.82) is 0 Å². The van der Waals surface area contributed by atoms with Gasteiger partial charge in [0, 0.05) is 12.3 Å². The van der Waals surface area contributed by atoms with Crippen LogP contribution >= 0.6 is 11.8 Å². The molecule has 2 heterocycles. The quantitative estimate of drug-likeness (QED) is 0.356. The number of hydrogen-bond acceptors (Lipinski definition) is 5. The number of thioether (sulfide) groups is 1. The molecule has 2 atom stereocenters. The third-order valence-corrected chi connectivity index (χ3v) is 3.50. The minimum atomic E-state index is -0.796. The second-order valence-electron chi connectivity index (χ2n) is 2.99. The van der Waals surface area contributed by atoms with Crippen LogP contribution in [0.3, 0.4) is 0 Å². The van der Waals surface area contributed by atoms with E-state index in [-0.39, 0.29) is 11.3 Å². The Morgan fingerprint density at radius 2 is 2.46 bits per heavy atom. The Labute approximate surface area is 78.3 Å². The molecule has 13 heavy (non-hydrogen) atoms. The molecule has 72 valence electrons. The molecule has 0 aromatic carbocycles. The second-order valence-corrected chi connectivity index (χ2v) is 4.20. The summed E-state index contributed by atoms with van der Waals surface area (Å²) in [6.07, 6.45) is 0.107. The molecule has 0 aliphatic carbocycles. The van der Waals surface area contributed by atoms with Gasteiger partial charge in [0.15, 0.2) is 0 Å². The van der Waals surface area contributed by atoms with E-state index in [0.29, 0.717) is 18.7 Å². The highest BCUT2D eigenvalue weighted by molar-refractivity contribution is 8.00. The van der Waals surface area contributed by atoms with Crippen molar-refractivity contribution in [3.63, 3.8) is 0 Å². The summed E-state index contributed by atoms with van der Waals surface area (Å²) in [5.74, 6) is 0.657. The van der Waals surface area contributed by atoms with E-state index >= 15 is 0 Å². The molecule has 0 bridgehead atoms. The Bertz CT molecular complexity index is 259. The summed E-state index contributed by atoms with van der Waals surface area (Å²) in [4.78, 5) is 27.0. The summed E-state index contributed by atoms with van der Waals surface area (Å²) in [6, 6.07) is 0. The van der Waals surface area contributed by atoms with Crippen LogP contribution in [0, 0.1) is 10.1 Å². The smallest absolute Gasteiger partial charge is 0.294 e. The zero-order chi connectivity index (χ0) is 9.42. The van der Waals surface area contributed by atoms with Gasteiger partial charge in [-0.3, -0.25) is 4.79 Å². The minimum absolute atomic E-state index is 0.0640. The number of rotatable bonds is 2. The van der Waals surface area contributed by atoms with Crippen molar-refractivity contribution in [2.24, 2.45) is 0 Å². The van der Waals surface area contributed by atoms with Gasteiger partial charge in [0.25, 0.3) is 5.09 Å². The van der Waals surface area contributed by atoms with Gasteiger partial charge in [-0.25, -0.2) is 0 Å². The fraction of sp³-hybridized carbons (Fsp3) is 0.833. The minimum Gasteiger partial charge on any atom is -0.328 e. The van der Waals surface area contributed by atoms with Crippen molar-refractivity contribution in [2.45, 2.75) is 17.9 Å². The Hall–Kier alpha value is -0.980. The van der Waals surface area contributed by atoms with Crippen LogP contribution in [0.5, 0.6) is 0 Å². The highest BCUT2D eigenvalue weighted by Crippen LogP contribution is 2.34. The maximum atomic E-state index is 11.0. The van der Waals surface area contributed by atoms with E-state index in [2.05, 4.69) is 4.84 Å². The van der Waals surface area contributed by atoms with Crippen molar-refractivity contribution < 1.29 is 14.7 Å². The van der Waals surface area contributed by atoms with Gasteiger partial charge in [-0.1, -0.05) is 0 Å². The van der Waals surface area contributed by atoms with Gasteiger partial charge in [-0.15, -0.1) is 21.9 Å². The average Bonchev–Trinajstić information content (AvgIpc) is 2.05. The third kappa shape index (κ3) is 1.55. The number of amides is 1. The Morgan fingerprint density at radius 1 is 1.69 bits per heavy atom. The van der Waals surface area contributed by atoms with Gasteiger partial charge >= 0.3 is 0 Å². The fourth-order valence-corrected chi connectivity index (χ4v) is 2.72. The first-order valence-electron chi connectivity index (χ1n) is 3.89. The predicted molar refractivity (Wildman–Crippen MR) is 44.4 cm³/mol. The van der Waals surface area contributed by atoms with Crippen LogP contribution < -0.4 is 0 Å². The van der Waals surface area contributed by atoms with E-state index in [1.54, 1.807) is 16.7 Å². The van der Waals surface area contributed by atoms with Crippen molar-refractivity contribution in [3.8, 4) is 0 Å². The lowest BCUT2D eigenvalue weighted by Crippen LogP contribution is -2.57. The van der Waals surface area contributed by atoms with Crippen LogP contribution in [0.1, 0.15) is 6.42 Å². The summed E-state index contributed by atoms with van der Waals surface area (Å²) in [6.45, 7) is 0.359. The van der Waals surface area contributed by atoms with Gasteiger partial charge in [0.05, 0.1) is 11.8 Å². The highest BCUT2D eigenvalue weighted by atomic mass is 32.2. The summed E-state index contributed by atoms with van der Waals surface area (Å²) in [7, 11) is 0. The molecule has 7 heteroatoms. The first-order valence-corrected chi connectivity index (χ1v) is 4.94. The van der Waals surface area contributed by atoms with Crippen molar-refractivity contribution in [2.75, 3.05) is 12.3 Å². The predicted octanol–water partition coefficient (Wildman–Crippen LogP) is -0.131. The number of hydrogen-bond donors (Lipinski definition) is 0. The lowest BCUT2D eigenvalue weighted by molar-refractivity contribution is -0.767. The standard InChI is InChI=1S/C6H8N2O4S/c9-5-1-6-7(5)2-4(3-13-6)12-8(10)11/h4,6H,1-3H2/t4-,6-/m1/s1. The molecule has 2 aliphatic heterocycles.